The van der Waals surface area contributed by atoms with Crippen molar-refractivity contribution in [1.29, 1.82) is 0 Å². The van der Waals surface area contributed by atoms with Crippen molar-refractivity contribution in [1.82, 2.24) is 0 Å². The van der Waals surface area contributed by atoms with E-state index in [1.54, 1.807) is 0 Å². The topological polar surface area (TPSA) is 0 Å². The van der Waals surface area contributed by atoms with Gasteiger partial charge in [-0.1, -0.05) is 0 Å². The van der Waals surface area contributed by atoms with E-state index < -0.39 is 0 Å². The minimum atomic E-state index is 1.02. The van der Waals surface area contributed by atoms with Crippen LogP contribution in [-0.2, 0) is 0 Å². The van der Waals surface area contributed by atoms with Gasteiger partial charge < -0.3 is 0 Å². The van der Waals surface area contributed by atoms with E-state index in [1.165, 1.54) is 11.0 Å². The molecule has 2 heteroatoms. The van der Waals surface area contributed by atoms with Gasteiger partial charge in [-0.25, -0.2) is 0 Å². The molecule has 0 aliphatic heterocycles. The second-order valence-electron chi connectivity index (χ2n) is 4.33. The van der Waals surface area contributed by atoms with Crippen molar-refractivity contribution in [2.75, 3.05) is 0 Å². The molecule has 0 fully saturated rings. The Morgan fingerprint density at radius 2 is 1.84 bits per heavy atom. The van der Waals surface area contributed by atoms with Crippen molar-refractivity contribution in [2.24, 2.45) is 0 Å². The Bertz CT molecular complexity index is 596. The third kappa shape index (κ3) is 3.75. The molecule has 0 N–H and O–H groups in total. The number of benzene rings is 1. The molecule has 0 atom stereocenters. The maximum atomic E-state index is 4.11. The molecule has 0 spiro atoms. The first-order valence-electron chi connectivity index (χ1n) is 6.45. The van der Waals surface area contributed by atoms with E-state index in [2.05, 4.69) is 69.6 Å². The summed E-state index contributed by atoms with van der Waals surface area (Å²) in [6, 6.07) is 14.4. The Morgan fingerprint density at radius 1 is 1.05 bits per heavy atom. The molecule has 0 saturated carbocycles. The fraction of sp³-hybridized carbons (Fsp3) is 0.0588. The maximum absolute atomic E-state index is 4.11. The van der Waals surface area contributed by atoms with Crippen LogP contribution in [0.4, 0.5) is 0 Å². The van der Waals surface area contributed by atoms with E-state index in [9.17, 15) is 0 Å². The van der Waals surface area contributed by atoms with Gasteiger partial charge in [-0.05, 0) is 0 Å². The molecule has 19 heavy (non-hydrogen) atoms. The van der Waals surface area contributed by atoms with Crippen molar-refractivity contribution < 1.29 is 0 Å². The zero-order valence-electron chi connectivity index (χ0n) is 11.2. The molecule has 1 heterocycles. The van der Waals surface area contributed by atoms with Crippen molar-refractivity contribution >= 4 is 24.7 Å². The molecule has 0 radical (unpaired) electrons. The van der Waals surface area contributed by atoms with Crippen molar-refractivity contribution in [3.05, 3.63) is 84.3 Å². The van der Waals surface area contributed by atoms with Gasteiger partial charge in [-0.15, -0.1) is 0 Å². The Balaban J connectivity index is 2.16. The normalized spacial score (nSPS) is 11.3. The summed E-state index contributed by atoms with van der Waals surface area (Å²) in [6.45, 7) is 10.3. The predicted octanol–water partition coefficient (Wildman–Crippen LogP) is 4.04. The molecule has 0 bridgehead atoms. The molecule has 0 aliphatic rings. The van der Waals surface area contributed by atoms with Crippen LogP contribution in [0, 0.1) is 0 Å². The van der Waals surface area contributed by atoms with Crippen molar-refractivity contribution in [3.8, 4) is 0 Å². The van der Waals surface area contributed by atoms with Crippen LogP contribution in [0.15, 0.2) is 73.2 Å². The zero-order valence-corrected chi connectivity index (χ0v) is 11.2. The van der Waals surface area contributed by atoms with Crippen molar-refractivity contribution in [3.63, 3.8) is 0 Å². The standard InChI is InChI=1S/C17H16B2/c1-3-15(17-10-7-13-18-19-17)12-11-14(2)16-8-5-4-6-9-16/h3-13H,2H2,1H3/b12-11-,15-3+. The number of hydrogen-bond donors (Lipinski definition) is 0. The molecule has 0 saturated heterocycles. The first-order chi connectivity index (χ1) is 9.31. The average Bonchev–Trinajstić information content (AvgIpc) is 2.49. The second kappa shape index (κ2) is 6.84. The molecular formula is C17H16B2. The van der Waals surface area contributed by atoms with Crippen LogP contribution in [0.3, 0.4) is 0 Å². The molecule has 1 aromatic carbocycles. The molecule has 2 aromatic rings. The summed E-state index contributed by atoms with van der Waals surface area (Å²) in [5.74, 6) is 2.03. The number of rotatable bonds is 4. The van der Waals surface area contributed by atoms with Gasteiger partial charge in [0, 0.05) is 0 Å². The van der Waals surface area contributed by atoms with E-state index in [0.717, 1.165) is 11.1 Å². The van der Waals surface area contributed by atoms with Gasteiger partial charge in [0.25, 0.3) is 0 Å². The Hall–Kier alpha value is -1.95. The van der Waals surface area contributed by atoms with Gasteiger partial charge in [0.15, 0.2) is 0 Å². The van der Waals surface area contributed by atoms with Gasteiger partial charge in [0.1, 0.15) is 0 Å². The van der Waals surface area contributed by atoms with Gasteiger partial charge in [-0.2, -0.15) is 0 Å². The molecule has 0 aliphatic carbocycles. The van der Waals surface area contributed by atoms with Gasteiger partial charge >= 0.3 is 116 Å². The number of hydrogen-bond acceptors (Lipinski definition) is 0. The minimum absolute atomic E-state index is 1.02. The molecular weight excluding hydrogens is 226 g/mol. The fourth-order valence-corrected chi connectivity index (χ4v) is 1.93. The van der Waals surface area contributed by atoms with Crippen LogP contribution >= 0.6 is 0 Å². The van der Waals surface area contributed by atoms with E-state index in [4.69, 9.17) is 0 Å². The predicted molar refractivity (Wildman–Crippen MR) is 87.4 cm³/mol. The van der Waals surface area contributed by atoms with E-state index in [-0.39, 0.29) is 0 Å². The Kier molecular flexibility index (Phi) is 4.85. The third-order valence-corrected chi connectivity index (χ3v) is 3.03. The zero-order chi connectivity index (χ0) is 13.5. The third-order valence-electron chi connectivity index (χ3n) is 3.03. The average molecular weight is 242 g/mol. The van der Waals surface area contributed by atoms with Crippen LogP contribution in [0.5, 0.6) is 0 Å². The quantitative estimate of drug-likeness (QED) is 0.709. The van der Waals surface area contributed by atoms with Gasteiger partial charge in [-0.3, -0.25) is 0 Å². The van der Waals surface area contributed by atoms with E-state index in [1.807, 2.05) is 24.2 Å². The summed E-state index contributed by atoms with van der Waals surface area (Å²) >= 11 is 0. The molecule has 0 nitrogen and oxygen atoms in total. The second-order valence-corrected chi connectivity index (χ2v) is 4.33. The van der Waals surface area contributed by atoms with E-state index >= 15 is 0 Å². The van der Waals surface area contributed by atoms with E-state index in [0.29, 0.717) is 0 Å². The Morgan fingerprint density at radius 3 is 2.47 bits per heavy atom. The summed E-state index contributed by atoms with van der Waals surface area (Å²) in [4.78, 5) is 0. The molecule has 0 amide bonds. The summed E-state index contributed by atoms with van der Waals surface area (Å²) in [5, 5.41) is 0. The fourth-order valence-electron chi connectivity index (χ4n) is 1.93. The first-order valence-corrected chi connectivity index (χ1v) is 6.45. The summed E-state index contributed by atoms with van der Waals surface area (Å²) in [5.41, 5.74) is 4.61. The molecule has 1 aromatic heterocycles. The molecule has 90 valence electrons. The molecule has 0 unspecified atom stereocenters. The van der Waals surface area contributed by atoms with Gasteiger partial charge in [0.05, 0.1) is 0 Å². The van der Waals surface area contributed by atoms with Crippen LogP contribution < -0.4 is 0 Å². The summed E-state index contributed by atoms with van der Waals surface area (Å²) < 4.78 is 0. The molecule has 2 rings (SSSR count). The van der Waals surface area contributed by atoms with Crippen molar-refractivity contribution in [2.45, 2.75) is 6.92 Å². The summed E-state index contributed by atoms with van der Waals surface area (Å²) in [6.07, 6.45) is 6.30. The Labute approximate surface area is 116 Å². The monoisotopic (exact) mass is 242 g/mol. The summed E-state index contributed by atoms with van der Waals surface area (Å²) in [7, 11) is 0. The van der Waals surface area contributed by atoms with Crippen LogP contribution in [-0.4, -0.2) is 13.6 Å². The van der Waals surface area contributed by atoms with Crippen LogP contribution in [0.2, 0.25) is 0 Å². The van der Waals surface area contributed by atoms with Crippen LogP contribution in [0.25, 0.3) is 11.1 Å². The number of allylic oxidation sites excluding steroid dienone is 5. The SMILES string of the molecule is C=C(/C=C\C(=C/C)c1bbccc1)c1ccccc1. The van der Waals surface area contributed by atoms with Gasteiger partial charge in [0.2, 0.25) is 0 Å². The van der Waals surface area contributed by atoms with Crippen LogP contribution in [0.1, 0.15) is 17.9 Å². The first kappa shape index (κ1) is 13.5.